The first-order valence-electron chi connectivity index (χ1n) is 14.1. The van der Waals surface area contributed by atoms with Gasteiger partial charge in [0.05, 0.1) is 23.2 Å². The Bertz CT molecular complexity index is 1570. The second-order valence-corrected chi connectivity index (χ2v) is 13.2. The van der Waals surface area contributed by atoms with Crippen molar-refractivity contribution in [1.29, 1.82) is 0 Å². The van der Waals surface area contributed by atoms with Crippen molar-refractivity contribution in [3.05, 3.63) is 112 Å². The lowest BCUT2D eigenvalue weighted by molar-refractivity contribution is -0.138. The molecule has 0 spiro atoms. The molecule has 4 nitrogen and oxygen atoms in total. The van der Waals surface area contributed by atoms with E-state index in [0.717, 1.165) is 59.2 Å². The maximum absolute atomic E-state index is 11.8. The molecule has 0 bridgehead atoms. The molecule has 4 aromatic rings. The molecule has 1 aliphatic rings. The third-order valence-corrected chi connectivity index (χ3v) is 9.70. The second kappa shape index (κ2) is 12.4. The highest BCUT2D eigenvalue weighted by Crippen LogP contribution is 2.62. The summed E-state index contributed by atoms with van der Waals surface area (Å²) in [6, 6.07) is 26.3. The van der Waals surface area contributed by atoms with Gasteiger partial charge in [-0.25, -0.2) is 4.98 Å². The Balaban J connectivity index is 1.32. The van der Waals surface area contributed by atoms with Crippen molar-refractivity contribution in [3.63, 3.8) is 0 Å². The van der Waals surface area contributed by atoms with Crippen LogP contribution in [-0.2, 0) is 16.8 Å². The molecule has 1 fully saturated rings. The lowest BCUT2D eigenvalue weighted by atomic mass is 9.91. The summed E-state index contributed by atoms with van der Waals surface area (Å²) in [6.45, 7) is 3.65. The minimum atomic E-state index is -0.880. The van der Waals surface area contributed by atoms with E-state index >= 15 is 0 Å². The standard InChI is InChI=1S/C35H36ClNO3S/c1-34(2,40)30-11-4-3-8-25(30)10-6-20-41-33(35(18-19-35)23-32(38)39)27-9-5-7-24(21-27)12-16-29-17-14-26-13-15-28(36)22-31(26)37-29/h3-5,7-9,11-17,21-22,33,40H,6,10,18-20,23H2,1-2H3,(H,38,39)/b16-12+/t33-/m0/s1. The number of fused-ring (bicyclic) bond motifs is 1. The number of pyridine rings is 1. The molecule has 5 rings (SSSR count). The molecule has 0 unspecified atom stereocenters. The molecule has 212 valence electrons. The summed E-state index contributed by atoms with van der Waals surface area (Å²) >= 11 is 8.03. The van der Waals surface area contributed by atoms with Crippen LogP contribution in [0.1, 0.15) is 72.7 Å². The average molecular weight is 586 g/mol. The van der Waals surface area contributed by atoms with Gasteiger partial charge in [0.25, 0.3) is 0 Å². The number of nitrogens with zero attached hydrogens (tertiary/aromatic N) is 1. The zero-order chi connectivity index (χ0) is 29.0. The van der Waals surface area contributed by atoms with Crippen LogP contribution in [0, 0.1) is 5.41 Å². The number of aryl methyl sites for hydroxylation is 1. The normalized spacial score (nSPS) is 15.3. The predicted molar refractivity (Wildman–Crippen MR) is 171 cm³/mol. The SMILES string of the molecule is CC(C)(O)c1ccccc1CCCS[C@@H](c1cccc(/C=C/c2ccc3ccc(Cl)cc3n2)c1)C1(CC(=O)O)CC1. The molecule has 1 aromatic heterocycles. The predicted octanol–water partition coefficient (Wildman–Crippen LogP) is 8.95. The summed E-state index contributed by atoms with van der Waals surface area (Å²) in [5.41, 5.74) is 5.00. The van der Waals surface area contributed by atoms with Gasteiger partial charge in [0.1, 0.15) is 0 Å². The van der Waals surface area contributed by atoms with Crippen LogP contribution in [0.4, 0.5) is 0 Å². The highest BCUT2D eigenvalue weighted by Gasteiger charge is 2.51. The van der Waals surface area contributed by atoms with Crippen molar-refractivity contribution in [3.8, 4) is 0 Å². The van der Waals surface area contributed by atoms with Gasteiger partial charge in [-0.1, -0.05) is 78.3 Å². The van der Waals surface area contributed by atoms with E-state index in [4.69, 9.17) is 16.6 Å². The number of aromatic nitrogens is 1. The fourth-order valence-corrected chi connectivity index (χ4v) is 7.35. The molecule has 1 saturated carbocycles. The van der Waals surface area contributed by atoms with Crippen molar-refractivity contribution in [1.82, 2.24) is 4.98 Å². The summed E-state index contributed by atoms with van der Waals surface area (Å²) in [6.07, 6.45) is 7.95. The number of hydrogen-bond acceptors (Lipinski definition) is 4. The second-order valence-electron chi connectivity index (χ2n) is 11.6. The third kappa shape index (κ3) is 7.40. The van der Waals surface area contributed by atoms with E-state index in [1.54, 1.807) is 0 Å². The first kappa shape index (κ1) is 29.4. The van der Waals surface area contributed by atoms with Gasteiger partial charge < -0.3 is 10.2 Å². The molecule has 1 aliphatic carbocycles. The summed E-state index contributed by atoms with van der Waals surface area (Å²) < 4.78 is 0. The monoisotopic (exact) mass is 585 g/mol. The molecular weight excluding hydrogens is 550 g/mol. The fraction of sp³-hybridized carbons (Fsp3) is 0.314. The van der Waals surface area contributed by atoms with Gasteiger partial charge in [-0.2, -0.15) is 11.8 Å². The highest BCUT2D eigenvalue weighted by molar-refractivity contribution is 7.99. The number of benzene rings is 3. The Labute approximate surface area is 251 Å². The highest BCUT2D eigenvalue weighted by atomic mass is 35.5. The van der Waals surface area contributed by atoms with Crippen LogP contribution in [0.2, 0.25) is 5.02 Å². The Morgan fingerprint density at radius 1 is 1.05 bits per heavy atom. The fourth-order valence-electron chi connectivity index (χ4n) is 5.63. The van der Waals surface area contributed by atoms with Gasteiger partial charge in [0.2, 0.25) is 0 Å². The van der Waals surface area contributed by atoms with E-state index < -0.39 is 11.6 Å². The Kier molecular flexibility index (Phi) is 8.88. The third-order valence-electron chi connectivity index (χ3n) is 7.84. The molecule has 0 radical (unpaired) electrons. The van der Waals surface area contributed by atoms with E-state index in [2.05, 4.69) is 36.4 Å². The topological polar surface area (TPSA) is 70.4 Å². The minimum absolute atomic E-state index is 0.109. The number of hydrogen-bond donors (Lipinski definition) is 2. The van der Waals surface area contributed by atoms with E-state index in [-0.39, 0.29) is 17.1 Å². The Hall–Kier alpha value is -3.12. The number of carboxylic acids is 1. The molecule has 6 heteroatoms. The van der Waals surface area contributed by atoms with Gasteiger partial charge in [-0.15, -0.1) is 0 Å². The Morgan fingerprint density at radius 3 is 2.59 bits per heavy atom. The quantitative estimate of drug-likeness (QED) is 0.162. The van der Waals surface area contributed by atoms with Crippen molar-refractivity contribution in [2.75, 3.05) is 5.75 Å². The van der Waals surface area contributed by atoms with E-state index in [9.17, 15) is 15.0 Å². The molecule has 41 heavy (non-hydrogen) atoms. The zero-order valence-corrected chi connectivity index (χ0v) is 25.1. The number of halogens is 1. The van der Waals surface area contributed by atoms with Gasteiger partial charge >= 0.3 is 5.97 Å². The number of aliphatic carboxylic acids is 1. The molecular formula is C35H36ClNO3S. The molecule has 2 N–H and O–H groups in total. The summed E-state index contributed by atoms with van der Waals surface area (Å²) in [4.78, 5) is 16.5. The lowest BCUT2D eigenvalue weighted by Crippen LogP contribution is -2.18. The summed E-state index contributed by atoms with van der Waals surface area (Å²) in [7, 11) is 0. The van der Waals surface area contributed by atoms with Gasteiger partial charge in [-0.05, 0) is 97.2 Å². The summed E-state index contributed by atoms with van der Waals surface area (Å²) in [5.74, 6) is 0.182. The number of thioether (sulfide) groups is 1. The van der Waals surface area contributed by atoms with Gasteiger partial charge in [-0.3, -0.25) is 4.79 Å². The van der Waals surface area contributed by atoms with E-state index in [1.807, 2.05) is 80.2 Å². The van der Waals surface area contributed by atoms with Gasteiger partial charge in [0.15, 0.2) is 0 Å². The first-order chi connectivity index (χ1) is 19.6. The van der Waals surface area contributed by atoms with Crippen LogP contribution in [-0.4, -0.2) is 26.9 Å². The van der Waals surface area contributed by atoms with Crippen LogP contribution >= 0.6 is 23.4 Å². The largest absolute Gasteiger partial charge is 0.481 e. The maximum atomic E-state index is 11.8. The van der Waals surface area contributed by atoms with Crippen molar-refractivity contribution < 1.29 is 15.0 Å². The lowest BCUT2D eigenvalue weighted by Gasteiger charge is -2.27. The first-order valence-corrected chi connectivity index (χ1v) is 15.5. The maximum Gasteiger partial charge on any atom is 0.303 e. The van der Waals surface area contributed by atoms with Crippen molar-refractivity contribution >= 4 is 52.4 Å². The molecule has 3 aromatic carbocycles. The van der Waals surface area contributed by atoms with Crippen molar-refractivity contribution in [2.24, 2.45) is 5.41 Å². The van der Waals surface area contributed by atoms with Crippen LogP contribution in [0.3, 0.4) is 0 Å². The molecule has 0 aliphatic heterocycles. The van der Waals surface area contributed by atoms with Crippen LogP contribution in [0.5, 0.6) is 0 Å². The number of carbonyl (C=O) groups is 1. The van der Waals surface area contributed by atoms with Crippen molar-refractivity contribution in [2.45, 2.75) is 56.8 Å². The Morgan fingerprint density at radius 2 is 1.83 bits per heavy atom. The van der Waals surface area contributed by atoms with E-state index in [1.165, 1.54) is 11.1 Å². The van der Waals surface area contributed by atoms with E-state index in [0.29, 0.717) is 5.02 Å². The molecule has 1 heterocycles. The zero-order valence-electron chi connectivity index (χ0n) is 23.5. The number of rotatable bonds is 12. The van der Waals surface area contributed by atoms with Crippen LogP contribution < -0.4 is 0 Å². The van der Waals surface area contributed by atoms with Gasteiger partial charge in [0, 0.05) is 15.7 Å². The van der Waals surface area contributed by atoms with Crippen LogP contribution in [0.25, 0.3) is 23.1 Å². The molecule has 0 amide bonds. The number of carboxylic acid groups (broad SMARTS) is 1. The summed E-state index contributed by atoms with van der Waals surface area (Å²) in [5, 5.41) is 22.1. The van der Waals surface area contributed by atoms with Crippen LogP contribution in [0.15, 0.2) is 78.9 Å². The smallest absolute Gasteiger partial charge is 0.303 e. The molecule has 1 atom stereocenters. The average Bonchev–Trinajstić information content (AvgIpc) is 3.70. The minimum Gasteiger partial charge on any atom is -0.481 e. The molecule has 0 saturated heterocycles. The number of aliphatic hydroxyl groups is 1.